The van der Waals surface area contributed by atoms with Gasteiger partial charge in [-0.25, -0.2) is 8.42 Å². The average molecular weight is 457 g/mol. The molecule has 0 saturated carbocycles. The Morgan fingerprint density at radius 2 is 1.96 bits per heavy atom. The maximum Gasteiger partial charge on any atom is 0.252 e. The van der Waals surface area contributed by atoms with E-state index in [1.54, 1.807) is 29.3 Å². The summed E-state index contributed by atoms with van der Waals surface area (Å²) >= 11 is 9.15. The number of thiophene rings is 1. The summed E-state index contributed by atoms with van der Waals surface area (Å²) in [5, 5.41) is 5.61. The minimum atomic E-state index is -3.44. The van der Waals surface area contributed by atoms with E-state index in [0.29, 0.717) is 35.2 Å². The van der Waals surface area contributed by atoms with E-state index in [-0.39, 0.29) is 17.9 Å². The maximum absolute atomic E-state index is 12.8. The van der Waals surface area contributed by atoms with Crippen LogP contribution in [0.15, 0.2) is 44.8 Å². The van der Waals surface area contributed by atoms with E-state index in [0.717, 1.165) is 22.6 Å². The van der Waals surface area contributed by atoms with Crippen molar-refractivity contribution in [1.29, 1.82) is 0 Å². The molecular formula is C19H21ClN2O3S3. The van der Waals surface area contributed by atoms with Gasteiger partial charge < -0.3 is 5.32 Å². The number of amides is 1. The number of thioether (sulfide) groups is 1. The van der Waals surface area contributed by atoms with Gasteiger partial charge in [-0.15, -0.1) is 23.1 Å². The lowest BCUT2D eigenvalue weighted by Gasteiger charge is -2.32. The van der Waals surface area contributed by atoms with Crippen molar-refractivity contribution in [3.8, 4) is 0 Å². The normalized spacial score (nSPS) is 21.2. The number of halogens is 1. The SMILES string of the molecule is O=C(NC1CCSc2ccc(Cl)cc21)C1CCN(S(=O)(=O)c2cccs2)CC1. The average Bonchev–Trinajstić information content (AvgIpc) is 3.24. The summed E-state index contributed by atoms with van der Waals surface area (Å²) in [6.07, 6.45) is 1.95. The summed E-state index contributed by atoms with van der Waals surface area (Å²) in [6, 6.07) is 9.16. The van der Waals surface area contributed by atoms with Crippen molar-refractivity contribution in [3.63, 3.8) is 0 Å². The van der Waals surface area contributed by atoms with E-state index in [9.17, 15) is 13.2 Å². The number of piperidine rings is 1. The van der Waals surface area contributed by atoms with Gasteiger partial charge in [0.1, 0.15) is 4.21 Å². The summed E-state index contributed by atoms with van der Waals surface area (Å²) < 4.78 is 27.1. The molecule has 1 unspecified atom stereocenters. The number of hydrogen-bond donors (Lipinski definition) is 1. The van der Waals surface area contributed by atoms with Gasteiger partial charge in [0.2, 0.25) is 5.91 Å². The molecule has 1 aromatic carbocycles. The minimum Gasteiger partial charge on any atom is -0.349 e. The number of carbonyl (C=O) groups is 1. The summed E-state index contributed by atoms with van der Waals surface area (Å²) in [6.45, 7) is 0.752. The van der Waals surface area contributed by atoms with Crippen LogP contribution in [0.4, 0.5) is 0 Å². The van der Waals surface area contributed by atoms with Crippen molar-refractivity contribution in [2.24, 2.45) is 5.92 Å². The van der Waals surface area contributed by atoms with Crippen molar-refractivity contribution in [2.45, 2.75) is 34.4 Å². The highest BCUT2D eigenvalue weighted by atomic mass is 35.5. The molecule has 0 radical (unpaired) electrons. The van der Waals surface area contributed by atoms with Crippen molar-refractivity contribution < 1.29 is 13.2 Å². The Hall–Kier alpha value is -1.06. The van der Waals surface area contributed by atoms with E-state index in [4.69, 9.17) is 11.6 Å². The fourth-order valence-corrected chi connectivity index (χ4v) is 7.60. The lowest BCUT2D eigenvalue weighted by atomic mass is 9.95. The van der Waals surface area contributed by atoms with E-state index in [2.05, 4.69) is 5.32 Å². The lowest BCUT2D eigenvalue weighted by molar-refractivity contribution is -0.126. The number of benzene rings is 1. The molecule has 5 nitrogen and oxygen atoms in total. The van der Waals surface area contributed by atoms with Crippen molar-refractivity contribution in [1.82, 2.24) is 9.62 Å². The van der Waals surface area contributed by atoms with Crippen molar-refractivity contribution in [2.75, 3.05) is 18.8 Å². The Bertz CT molecular complexity index is 955. The molecule has 28 heavy (non-hydrogen) atoms. The molecule has 2 aromatic rings. The molecule has 1 aromatic heterocycles. The molecule has 1 saturated heterocycles. The highest BCUT2D eigenvalue weighted by Gasteiger charge is 2.33. The molecule has 2 aliphatic rings. The van der Waals surface area contributed by atoms with E-state index in [1.165, 1.54) is 15.6 Å². The monoisotopic (exact) mass is 456 g/mol. The number of nitrogens with zero attached hydrogens (tertiary/aromatic N) is 1. The summed E-state index contributed by atoms with van der Waals surface area (Å²) in [7, 11) is -3.44. The van der Waals surface area contributed by atoms with Gasteiger partial charge in [0, 0.05) is 34.7 Å². The van der Waals surface area contributed by atoms with Crippen molar-refractivity contribution in [3.05, 3.63) is 46.3 Å². The Kier molecular flexibility index (Phi) is 6.04. The van der Waals surface area contributed by atoms with Crippen LogP contribution in [0, 0.1) is 5.92 Å². The molecule has 1 N–H and O–H groups in total. The van der Waals surface area contributed by atoms with Crippen LogP contribution < -0.4 is 5.32 Å². The second kappa shape index (κ2) is 8.36. The van der Waals surface area contributed by atoms with Gasteiger partial charge in [0.15, 0.2) is 0 Å². The van der Waals surface area contributed by atoms with Crippen LogP contribution in [0.25, 0.3) is 0 Å². The van der Waals surface area contributed by atoms with E-state index < -0.39 is 10.0 Å². The molecule has 1 fully saturated rings. The quantitative estimate of drug-likeness (QED) is 0.750. The molecule has 0 bridgehead atoms. The first kappa shape index (κ1) is 20.2. The highest BCUT2D eigenvalue weighted by Crippen LogP contribution is 2.38. The Balaban J connectivity index is 1.39. The largest absolute Gasteiger partial charge is 0.349 e. The van der Waals surface area contributed by atoms with E-state index >= 15 is 0 Å². The Morgan fingerprint density at radius 3 is 2.68 bits per heavy atom. The summed E-state index contributed by atoms with van der Waals surface area (Å²) in [5.41, 5.74) is 1.08. The smallest absolute Gasteiger partial charge is 0.252 e. The second-order valence-electron chi connectivity index (χ2n) is 6.99. The molecule has 150 valence electrons. The van der Waals surface area contributed by atoms with Gasteiger partial charge in [0.25, 0.3) is 10.0 Å². The van der Waals surface area contributed by atoms with Crippen LogP contribution >= 0.6 is 34.7 Å². The van der Waals surface area contributed by atoms with E-state index in [1.807, 2.05) is 18.2 Å². The Morgan fingerprint density at radius 1 is 1.18 bits per heavy atom. The minimum absolute atomic E-state index is 0.0102. The number of fused-ring (bicyclic) bond motifs is 1. The zero-order valence-electron chi connectivity index (χ0n) is 15.1. The van der Waals surface area contributed by atoms with Crippen molar-refractivity contribution >= 4 is 50.6 Å². The van der Waals surface area contributed by atoms with Gasteiger partial charge in [-0.05, 0) is 54.5 Å². The molecule has 3 heterocycles. The first-order valence-electron chi connectivity index (χ1n) is 9.21. The van der Waals surface area contributed by atoms with Crippen LogP contribution in [0.2, 0.25) is 5.02 Å². The number of nitrogens with one attached hydrogen (secondary N) is 1. The fourth-order valence-electron chi connectivity index (χ4n) is 3.70. The zero-order valence-corrected chi connectivity index (χ0v) is 18.3. The number of rotatable bonds is 4. The Labute approximate surface area is 178 Å². The fraction of sp³-hybridized carbons (Fsp3) is 0.421. The van der Waals surface area contributed by atoms with Gasteiger partial charge in [-0.3, -0.25) is 4.79 Å². The lowest BCUT2D eigenvalue weighted by Crippen LogP contribution is -2.43. The predicted molar refractivity (Wildman–Crippen MR) is 113 cm³/mol. The zero-order chi connectivity index (χ0) is 19.7. The number of carbonyl (C=O) groups excluding carboxylic acids is 1. The standard InChI is InChI=1S/C19H21ClN2O3S3/c20-14-3-4-17-15(12-14)16(7-11-26-17)21-19(23)13-5-8-22(9-6-13)28(24,25)18-2-1-10-27-18/h1-4,10,12-13,16H,5-9,11H2,(H,21,23). The topological polar surface area (TPSA) is 66.5 Å². The highest BCUT2D eigenvalue weighted by molar-refractivity contribution is 7.99. The van der Waals surface area contributed by atoms with Crippen LogP contribution in [-0.2, 0) is 14.8 Å². The van der Waals surface area contributed by atoms with Crippen LogP contribution in [0.1, 0.15) is 30.9 Å². The number of sulfonamides is 1. The van der Waals surface area contributed by atoms with Crippen LogP contribution in [0.3, 0.4) is 0 Å². The van der Waals surface area contributed by atoms with Gasteiger partial charge >= 0.3 is 0 Å². The predicted octanol–water partition coefficient (Wildman–Crippen LogP) is 4.16. The maximum atomic E-state index is 12.8. The van der Waals surface area contributed by atoms with Gasteiger partial charge in [-0.2, -0.15) is 4.31 Å². The van der Waals surface area contributed by atoms with Crippen LogP contribution in [-0.4, -0.2) is 37.5 Å². The summed E-state index contributed by atoms with van der Waals surface area (Å²) in [4.78, 5) is 14.0. The molecule has 9 heteroatoms. The third kappa shape index (κ3) is 4.11. The molecular weight excluding hydrogens is 436 g/mol. The van der Waals surface area contributed by atoms with Gasteiger partial charge in [0.05, 0.1) is 6.04 Å². The second-order valence-corrected chi connectivity index (χ2v) is 11.7. The van der Waals surface area contributed by atoms with Crippen LogP contribution in [0.5, 0.6) is 0 Å². The van der Waals surface area contributed by atoms with Gasteiger partial charge in [-0.1, -0.05) is 17.7 Å². The molecule has 1 atom stereocenters. The third-order valence-corrected chi connectivity index (χ3v) is 9.87. The third-order valence-electron chi connectivity index (χ3n) is 5.24. The first-order chi connectivity index (χ1) is 13.4. The first-order valence-corrected chi connectivity index (χ1v) is 12.9. The number of hydrogen-bond acceptors (Lipinski definition) is 5. The molecule has 1 amide bonds. The summed E-state index contributed by atoms with van der Waals surface area (Å²) in [5.74, 6) is 0.805. The molecule has 2 aliphatic heterocycles. The molecule has 4 rings (SSSR count). The molecule has 0 spiro atoms. The molecule has 0 aliphatic carbocycles.